The van der Waals surface area contributed by atoms with Gasteiger partial charge in [0.15, 0.2) is 33.1 Å². The summed E-state index contributed by atoms with van der Waals surface area (Å²) in [6.07, 6.45) is 0.694. The van der Waals surface area contributed by atoms with Crippen LogP contribution < -0.4 is 0 Å². The molecule has 0 aliphatic carbocycles. The Morgan fingerprint density at radius 3 is 1.76 bits per heavy atom. The molecular formula is C16H15F5O3S. The van der Waals surface area contributed by atoms with Crippen LogP contribution in [0.3, 0.4) is 0 Å². The molecule has 2 saturated heterocycles. The number of hydrogen-bond acceptors (Lipinski definition) is 3. The number of benzene rings is 1. The lowest BCUT2D eigenvalue weighted by Crippen LogP contribution is -2.45. The fourth-order valence-corrected chi connectivity index (χ4v) is 6.33. The molecule has 2 unspecified atom stereocenters. The maximum absolute atomic E-state index is 13.7. The van der Waals surface area contributed by atoms with E-state index in [2.05, 4.69) is 0 Å². The second-order valence-corrected chi connectivity index (χ2v) is 9.14. The number of rotatable bonds is 3. The molecule has 0 radical (unpaired) electrons. The predicted octanol–water partition coefficient (Wildman–Crippen LogP) is 3.24. The number of fused-ring (bicyclic) bond motifs is 2. The molecule has 0 spiro atoms. The van der Waals surface area contributed by atoms with Crippen molar-refractivity contribution in [3.8, 4) is 0 Å². The van der Waals surface area contributed by atoms with Gasteiger partial charge in [0, 0.05) is 17.9 Å². The third-order valence-corrected chi connectivity index (χ3v) is 7.90. The highest BCUT2D eigenvalue weighted by atomic mass is 32.2. The maximum atomic E-state index is 13.7. The Bertz CT molecular complexity index is 788. The van der Waals surface area contributed by atoms with Gasteiger partial charge in [-0.25, -0.2) is 30.4 Å². The Morgan fingerprint density at radius 2 is 1.28 bits per heavy atom. The van der Waals surface area contributed by atoms with Gasteiger partial charge in [0.2, 0.25) is 5.82 Å². The standard InChI is InChI=1S/C16H15F5O3S/c17-12-10(13(18)15(20)16(21)14(12)19)6-11(22)7-4-8-2-1-3-9(5-7)25(8,23)24/h7-9H,1-6H2. The summed E-state index contributed by atoms with van der Waals surface area (Å²) in [6, 6.07) is 0. The van der Waals surface area contributed by atoms with Gasteiger partial charge in [0.25, 0.3) is 0 Å². The van der Waals surface area contributed by atoms with Crippen LogP contribution in [0.15, 0.2) is 0 Å². The van der Waals surface area contributed by atoms with Crippen LogP contribution in [-0.2, 0) is 21.1 Å². The lowest BCUT2D eigenvalue weighted by atomic mass is 9.84. The molecule has 2 heterocycles. The van der Waals surface area contributed by atoms with Crippen molar-refractivity contribution in [1.29, 1.82) is 0 Å². The summed E-state index contributed by atoms with van der Waals surface area (Å²) in [6.45, 7) is 0. The molecule has 25 heavy (non-hydrogen) atoms. The van der Waals surface area contributed by atoms with Gasteiger partial charge in [-0.1, -0.05) is 6.42 Å². The first kappa shape index (κ1) is 18.3. The van der Waals surface area contributed by atoms with Gasteiger partial charge in [-0.3, -0.25) is 4.79 Å². The lowest BCUT2D eigenvalue weighted by Gasteiger charge is -2.38. The third kappa shape index (κ3) is 2.96. The molecule has 9 heteroatoms. The molecule has 2 fully saturated rings. The Morgan fingerprint density at radius 1 is 0.840 bits per heavy atom. The second-order valence-electron chi connectivity index (χ2n) is 6.62. The maximum Gasteiger partial charge on any atom is 0.200 e. The molecule has 0 aromatic heterocycles. The van der Waals surface area contributed by atoms with Crippen LogP contribution >= 0.6 is 0 Å². The van der Waals surface area contributed by atoms with Crippen LogP contribution in [0.1, 0.15) is 37.7 Å². The monoisotopic (exact) mass is 382 g/mol. The van der Waals surface area contributed by atoms with E-state index in [1.54, 1.807) is 0 Å². The fourth-order valence-electron chi connectivity index (χ4n) is 3.80. The average Bonchev–Trinajstić information content (AvgIpc) is 2.54. The van der Waals surface area contributed by atoms with Crippen molar-refractivity contribution < 1.29 is 35.2 Å². The number of hydrogen-bond donors (Lipinski definition) is 0. The van der Waals surface area contributed by atoms with Crippen LogP contribution in [0.25, 0.3) is 0 Å². The largest absolute Gasteiger partial charge is 0.299 e. The zero-order valence-electron chi connectivity index (χ0n) is 13.0. The molecule has 2 aliphatic heterocycles. The molecule has 2 atom stereocenters. The van der Waals surface area contributed by atoms with Crippen molar-refractivity contribution in [1.82, 2.24) is 0 Å². The van der Waals surface area contributed by atoms with Gasteiger partial charge in [-0.2, -0.15) is 0 Å². The van der Waals surface area contributed by atoms with Crippen LogP contribution in [0.4, 0.5) is 22.0 Å². The van der Waals surface area contributed by atoms with Gasteiger partial charge in [0.1, 0.15) is 5.78 Å². The first-order valence-electron chi connectivity index (χ1n) is 7.90. The van der Waals surface area contributed by atoms with E-state index in [9.17, 15) is 35.2 Å². The quantitative estimate of drug-likeness (QED) is 0.458. The van der Waals surface area contributed by atoms with Crippen molar-refractivity contribution in [2.75, 3.05) is 0 Å². The summed E-state index contributed by atoms with van der Waals surface area (Å²) in [7, 11) is -3.31. The number of Topliss-reactive ketones (excluding diaryl/α,β-unsaturated/α-hetero) is 1. The van der Waals surface area contributed by atoms with E-state index in [0.717, 1.165) is 6.42 Å². The van der Waals surface area contributed by atoms with Crippen molar-refractivity contribution in [3.63, 3.8) is 0 Å². The first-order chi connectivity index (χ1) is 11.6. The normalized spacial score (nSPS) is 28.0. The highest BCUT2D eigenvalue weighted by Gasteiger charge is 2.46. The molecule has 138 valence electrons. The summed E-state index contributed by atoms with van der Waals surface area (Å²) in [5, 5.41) is -1.35. The van der Waals surface area contributed by atoms with E-state index >= 15 is 0 Å². The van der Waals surface area contributed by atoms with Crippen molar-refractivity contribution >= 4 is 15.6 Å². The van der Waals surface area contributed by atoms with Crippen LogP contribution in [0, 0.1) is 35.0 Å². The van der Waals surface area contributed by atoms with Gasteiger partial charge in [-0.05, 0) is 25.7 Å². The molecular weight excluding hydrogens is 367 g/mol. The molecule has 2 aliphatic rings. The molecule has 2 bridgehead atoms. The van der Waals surface area contributed by atoms with E-state index in [0.29, 0.717) is 12.8 Å². The summed E-state index contributed by atoms with van der Waals surface area (Å²) < 4.78 is 91.3. The van der Waals surface area contributed by atoms with E-state index < -0.39 is 73.1 Å². The van der Waals surface area contributed by atoms with Crippen LogP contribution in [0.2, 0.25) is 0 Å². The Labute approximate surface area is 141 Å². The minimum Gasteiger partial charge on any atom is -0.299 e. The topological polar surface area (TPSA) is 51.2 Å². The number of ketones is 1. The van der Waals surface area contributed by atoms with Crippen molar-refractivity contribution in [3.05, 3.63) is 34.6 Å². The number of sulfone groups is 1. The summed E-state index contributed by atoms with van der Waals surface area (Å²) >= 11 is 0. The molecule has 3 nitrogen and oxygen atoms in total. The average molecular weight is 382 g/mol. The van der Waals surface area contributed by atoms with Gasteiger partial charge < -0.3 is 0 Å². The molecule has 1 aromatic rings. The Kier molecular flexibility index (Phi) is 4.63. The van der Waals surface area contributed by atoms with Gasteiger partial charge in [0.05, 0.1) is 10.5 Å². The van der Waals surface area contributed by atoms with Gasteiger partial charge in [-0.15, -0.1) is 0 Å². The fraction of sp³-hybridized carbons (Fsp3) is 0.562. The SMILES string of the molecule is O=C(Cc1c(F)c(F)c(F)c(F)c1F)C1CC2CCCC(C1)S2(=O)=O. The molecule has 0 amide bonds. The third-order valence-electron chi connectivity index (χ3n) is 5.18. The zero-order chi connectivity index (χ0) is 18.5. The van der Waals surface area contributed by atoms with Crippen molar-refractivity contribution in [2.45, 2.75) is 49.0 Å². The summed E-state index contributed by atoms with van der Waals surface area (Å²) in [4.78, 5) is 12.4. The lowest BCUT2D eigenvalue weighted by molar-refractivity contribution is -0.123. The molecule has 1 aromatic carbocycles. The number of halogens is 5. The predicted molar refractivity (Wildman–Crippen MR) is 78.0 cm³/mol. The Hall–Kier alpha value is -1.51. The van der Waals surface area contributed by atoms with E-state index in [4.69, 9.17) is 0 Å². The second kappa shape index (κ2) is 6.34. The minimum atomic E-state index is -3.31. The first-order valence-corrected chi connectivity index (χ1v) is 9.51. The molecule has 0 saturated carbocycles. The molecule has 0 N–H and O–H groups in total. The highest BCUT2D eigenvalue weighted by molar-refractivity contribution is 7.92. The van der Waals surface area contributed by atoms with E-state index in [1.165, 1.54) is 0 Å². The number of carbonyl (C=O) groups is 1. The minimum absolute atomic E-state index is 0.0348. The zero-order valence-corrected chi connectivity index (χ0v) is 13.8. The van der Waals surface area contributed by atoms with Crippen molar-refractivity contribution in [2.24, 2.45) is 5.92 Å². The molecule has 3 rings (SSSR count). The smallest absolute Gasteiger partial charge is 0.200 e. The summed E-state index contributed by atoms with van der Waals surface area (Å²) in [5.41, 5.74) is -1.17. The highest BCUT2D eigenvalue weighted by Crippen LogP contribution is 2.40. The summed E-state index contributed by atoms with van der Waals surface area (Å²) in [5.74, 6) is -12.0. The number of carbonyl (C=O) groups excluding carboxylic acids is 1. The Balaban J connectivity index is 1.85. The van der Waals surface area contributed by atoms with E-state index in [1.807, 2.05) is 0 Å². The van der Waals surface area contributed by atoms with Crippen LogP contribution in [0.5, 0.6) is 0 Å². The van der Waals surface area contributed by atoms with E-state index in [-0.39, 0.29) is 12.8 Å². The van der Waals surface area contributed by atoms with Gasteiger partial charge >= 0.3 is 0 Å². The van der Waals surface area contributed by atoms with Crippen LogP contribution in [-0.4, -0.2) is 24.7 Å².